The van der Waals surface area contributed by atoms with Gasteiger partial charge in [-0.25, -0.2) is 0 Å². The minimum Gasteiger partial charge on any atom is -0.464 e. The molecule has 0 aromatic rings. The van der Waals surface area contributed by atoms with Gasteiger partial charge >= 0.3 is 5.97 Å². The van der Waals surface area contributed by atoms with Gasteiger partial charge in [0.1, 0.15) is 12.2 Å². The quantitative estimate of drug-likeness (QED) is 0.565. The van der Waals surface area contributed by atoms with Crippen LogP contribution < -0.4 is 0 Å². The van der Waals surface area contributed by atoms with Crippen LogP contribution in [-0.2, 0) is 28.5 Å². The van der Waals surface area contributed by atoms with Crippen LogP contribution in [0.25, 0.3) is 0 Å². The molecule has 164 valence electrons. The minimum absolute atomic E-state index is 0.0318. The molecule has 4 aliphatic rings. The van der Waals surface area contributed by atoms with Crippen molar-refractivity contribution in [1.29, 1.82) is 0 Å². The van der Waals surface area contributed by atoms with Crippen LogP contribution >= 0.6 is 0 Å². The molecule has 2 saturated heterocycles. The van der Waals surface area contributed by atoms with E-state index in [1.807, 2.05) is 0 Å². The van der Waals surface area contributed by atoms with Crippen LogP contribution in [0.4, 0.5) is 0 Å². The van der Waals surface area contributed by atoms with Crippen LogP contribution in [0.1, 0.15) is 66.2 Å². The van der Waals surface area contributed by atoms with Crippen LogP contribution in [0.5, 0.6) is 0 Å². The molecule has 2 saturated carbocycles. The third-order valence-corrected chi connectivity index (χ3v) is 8.57. The number of aliphatic hydroxyl groups excluding tert-OH is 1. The van der Waals surface area contributed by atoms with E-state index in [0.29, 0.717) is 19.5 Å². The number of ether oxygens (including phenoxy) is 4. The van der Waals surface area contributed by atoms with Crippen molar-refractivity contribution in [2.75, 3.05) is 6.61 Å². The van der Waals surface area contributed by atoms with Crippen molar-refractivity contribution in [3.8, 4) is 0 Å². The molecule has 0 amide bonds. The zero-order valence-electron chi connectivity index (χ0n) is 17.9. The summed E-state index contributed by atoms with van der Waals surface area (Å²) in [4.78, 5) is 22.9. The summed E-state index contributed by atoms with van der Waals surface area (Å²) in [5.74, 6) is 0.00981. The highest BCUT2D eigenvalue weighted by Gasteiger charge is 2.69. The van der Waals surface area contributed by atoms with Crippen LogP contribution in [0.2, 0.25) is 0 Å². The van der Waals surface area contributed by atoms with Crippen LogP contribution in [0.15, 0.2) is 0 Å². The number of esters is 1. The number of fused-ring (bicyclic) bond motifs is 2. The van der Waals surface area contributed by atoms with Gasteiger partial charge in [0.25, 0.3) is 6.47 Å². The molecule has 0 bridgehead atoms. The maximum Gasteiger partial charge on any atom is 0.302 e. The average molecular weight is 411 g/mol. The molecule has 0 aromatic heterocycles. The van der Waals surface area contributed by atoms with Gasteiger partial charge in [0.05, 0.1) is 17.8 Å². The fourth-order valence-corrected chi connectivity index (χ4v) is 7.35. The average Bonchev–Trinajstić information content (AvgIpc) is 3.20. The minimum atomic E-state index is -0.766. The summed E-state index contributed by atoms with van der Waals surface area (Å²) in [6.45, 7) is 8.98. The molecule has 4 fully saturated rings. The third-order valence-electron chi connectivity index (χ3n) is 8.57. The maximum atomic E-state index is 11.6. The maximum absolute atomic E-state index is 11.6. The zero-order valence-corrected chi connectivity index (χ0v) is 17.9. The van der Waals surface area contributed by atoms with Crippen molar-refractivity contribution in [2.24, 2.45) is 23.2 Å². The molecule has 7 heteroatoms. The first-order chi connectivity index (χ1) is 13.7. The Morgan fingerprint density at radius 2 is 1.97 bits per heavy atom. The van der Waals surface area contributed by atoms with E-state index in [4.69, 9.17) is 18.9 Å². The van der Waals surface area contributed by atoms with Crippen molar-refractivity contribution >= 4 is 12.4 Å². The highest BCUT2D eigenvalue weighted by atomic mass is 16.6. The molecule has 0 aromatic carbocycles. The van der Waals surface area contributed by atoms with Gasteiger partial charge in [-0.3, -0.25) is 9.59 Å². The first-order valence-electron chi connectivity index (χ1n) is 10.9. The highest BCUT2D eigenvalue weighted by Crippen LogP contribution is 2.66. The lowest BCUT2D eigenvalue weighted by atomic mass is 9.46. The summed E-state index contributed by atoms with van der Waals surface area (Å²) in [5, 5.41) is 9.97. The van der Waals surface area contributed by atoms with E-state index < -0.39 is 11.9 Å². The predicted molar refractivity (Wildman–Crippen MR) is 103 cm³/mol. The smallest absolute Gasteiger partial charge is 0.302 e. The number of hydrogen-bond acceptors (Lipinski definition) is 7. The Morgan fingerprint density at radius 3 is 2.59 bits per heavy atom. The number of carbonyl (C=O) groups excluding carboxylic acids is 2. The van der Waals surface area contributed by atoms with Crippen molar-refractivity contribution in [2.45, 2.75) is 95.9 Å². The normalized spacial score (nSPS) is 51.8. The summed E-state index contributed by atoms with van der Waals surface area (Å²) in [6, 6.07) is 0. The van der Waals surface area contributed by atoms with E-state index >= 15 is 0 Å². The van der Waals surface area contributed by atoms with Crippen molar-refractivity contribution in [3.63, 3.8) is 0 Å². The second-order valence-electron chi connectivity index (χ2n) is 10.0. The highest BCUT2D eigenvalue weighted by molar-refractivity contribution is 5.66. The number of rotatable bonds is 3. The summed E-state index contributed by atoms with van der Waals surface area (Å²) < 4.78 is 23.7. The second-order valence-corrected chi connectivity index (χ2v) is 10.0. The Labute approximate surface area is 172 Å². The third kappa shape index (κ3) is 3.12. The number of hydrogen-bond donors (Lipinski definition) is 1. The lowest BCUT2D eigenvalue weighted by Crippen LogP contribution is -2.67. The monoisotopic (exact) mass is 410 g/mol. The number of carbonyl (C=O) groups is 2. The summed E-state index contributed by atoms with van der Waals surface area (Å²) in [5.41, 5.74) is -1.04. The molecular formula is C22H34O7. The zero-order chi connectivity index (χ0) is 21.0. The predicted octanol–water partition coefficient (Wildman–Crippen LogP) is 2.58. The molecule has 2 aliphatic heterocycles. The van der Waals surface area contributed by atoms with Gasteiger partial charge in [-0.15, -0.1) is 0 Å². The Bertz CT molecular complexity index is 668. The van der Waals surface area contributed by atoms with Gasteiger partial charge in [-0.2, -0.15) is 0 Å². The van der Waals surface area contributed by atoms with E-state index in [-0.39, 0.29) is 46.9 Å². The molecule has 2 heterocycles. The molecule has 9 unspecified atom stereocenters. The van der Waals surface area contributed by atoms with Gasteiger partial charge in [0.15, 0.2) is 6.29 Å². The Morgan fingerprint density at radius 1 is 1.21 bits per heavy atom. The summed E-state index contributed by atoms with van der Waals surface area (Å²) in [7, 11) is 0. The van der Waals surface area contributed by atoms with Crippen molar-refractivity contribution < 1.29 is 33.6 Å². The summed E-state index contributed by atoms with van der Waals surface area (Å²) in [6.07, 6.45) is 3.41. The van der Waals surface area contributed by atoms with Gasteiger partial charge < -0.3 is 24.1 Å². The van der Waals surface area contributed by atoms with Crippen molar-refractivity contribution in [3.05, 3.63) is 0 Å². The van der Waals surface area contributed by atoms with Crippen LogP contribution in [0, 0.1) is 23.2 Å². The van der Waals surface area contributed by atoms with Gasteiger partial charge in [-0.1, -0.05) is 20.8 Å². The molecule has 29 heavy (non-hydrogen) atoms. The first-order valence-corrected chi connectivity index (χ1v) is 10.9. The molecule has 4 rings (SSSR count). The molecule has 2 aliphatic carbocycles. The SMILES string of the molecule is CC(=O)OC1CCC2(C)C(C(OC=O)CC(C)C23CCC2(COC(O)C2)O3)C1C. The standard InChI is InChI=1S/C22H34O7/c1-13-9-17(27-12-23)19-14(2)16(28-15(3)24)5-6-20(19,4)22(13)8-7-21(29-22)10-18(25)26-11-21/h12-14,16-19,25H,5-11H2,1-4H3. The van der Waals surface area contributed by atoms with Gasteiger partial charge in [0.2, 0.25) is 0 Å². The Balaban J connectivity index is 1.70. The van der Waals surface area contributed by atoms with E-state index in [1.54, 1.807) is 0 Å². The van der Waals surface area contributed by atoms with E-state index in [9.17, 15) is 14.7 Å². The molecule has 1 N–H and O–H groups in total. The van der Waals surface area contributed by atoms with E-state index in [0.717, 1.165) is 32.1 Å². The fraction of sp³-hybridized carbons (Fsp3) is 0.909. The Kier molecular flexibility index (Phi) is 5.23. The lowest BCUT2D eigenvalue weighted by molar-refractivity contribution is -0.269. The van der Waals surface area contributed by atoms with Gasteiger partial charge in [-0.05, 0) is 38.0 Å². The largest absolute Gasteiger partial charge is 0.464 e. The molecule has 2 spiro atoms. The van der Waals surface area contributed by atoms with Crippen LogP contribution in [-0.4, -0.2) is 53.9 Å². The van der Waals surface area contributed by atoms with Crippen LogP contribution in [0.3, 0.4) is 0 Å². The lowest BCUT2D eigenvalue weighted by Gasteiger charge is -2.63. The Hall–Kier alpha value is -1.18. The second kappa shape index (κ2) is 7.20. The molecular weight excluding hydrogens is 376 g/mol. The number of aliphatic hydroxyl groups is 1. The summed E-state index contributed by atoms with van der Waals surface area (Å²) >= 11 is 0. The topological polar surface area (TPSA) is 91.3 Å². The molecule has 0 radical (unpaired) electrons. The van der Waals surface area contributed by atoms with Crippen molar-refractivity contribution in [1.82, 2.24) is 0 Å². The molecule has 9 atom stereocenters. The first kappa shape index (κ1) is 21.1. The van der Waals surface area contributed by atoms with E-state index in [1.165, 1.54) is 6.92 Å². The molecule has 7 nitrogen and oxygen atoms in total. The van der Waals surface area contributed by atoms with E-state index in [2.05, 4.69) is 20.8 Å². The fourth-order valence-electron chi connectivity index (χ4n) is 7.35. The van der Waals surface area contributed by atoms with Gasteiger partial charge in [0, 0.05) is 30.6 Å².